The van der Waals surface area contributed by atoms with Crippen LogP contribution >= 0.6 is 0 Å². The van der Waals surface area contributed by atoms with Crippen LogP contribution in [0.3, 0.4) is 0 Å². The maximum Gasteiger partial charge on any atom is 0.0320 e. The van der Waals surface area contributed by atoms with Gasteiger partial charge in [0, 0.05) is 11.8 Å². The fourth-order valence-corrected chi connectivity index (χ4v) is 3.35. The van der Waals surface area contributed by atoms with E-state index in [-0.39, 0.29) is 0 Å². The van der Waals surface area contributed by atoms with Crippen LogP contribution in [-0.2, 0) is 0 Å². The summed E-state index contributed by atoms with van der Waals surface area (Å²) in [6.45, 7) is 0. The van der Waals surface area contributed by atoms with E-state index in [1.165, 1.54) is 16.7 Å². The first kappa shape index (κ1) is 12.4. The molecule has 2 aromatic rings. The van der Waals surface area contributed by atoms with E-state index < -0.39 is 0 Å². The van der Waals surface area contributed by atoms with Crippen molar-refractivity contribution < 1.29 is 0 Å². The zero-order valence-corrected chi connectivity index (χ0v) is 11.9. The lowest BCUT2D eigenvalue weighted by atomic mass is 9.95. The summed E-state index contributed by atoms with van der Waals surface area (Å²) in [7, 11) is 0. The van der Waals surface area contributed by atoms with E-state index in [0.29, 0.717) is 11.8 Å². The fraction of sp³-hybridized carbons (Fsp3) is 0.143. The first-order valence-corrected chi connectivity index (χ1v) is 7.63. The van der Waals surface area contributed by atoms with Gasteiger partial charge in [-0.15, -0.1) is 0 Å². The van der Waals surface area contributed by atoms with Gasteiger partial charge in [0.1, 0.15) is 0 Å². The van der Waals surface area contributed by atoms with E-state index in [1.54, 1.807) is 5.57 Å². The van der Waals surface area contributed by atoms with Crippen LogP contribution in [0, 0.1) is 5.92 Å². The van der Waals surface area contributed by atoms with Crippen LogP contribution in [0.25, 0.3) is 5.57 Å². The average Bonchev–Trinajstić information content (AvgIpc) is 3.33. The molecule has 4 rings (SSSR count). The van der Waals surface area contributed by atoms with Crippen LogP contribution in [-0.4, -0.2) is 0 Å². The van der Waals surface area contributed by atoms with Gasteiger partial charge in [-0.1, -0.05) is 85.0 Å². The van der Waals surface area contributed by atoms with Crippen LogP contribution in [0.2, 0.25) is 0 Å². The van der Waals surface area contributed by atoms with Gasteiger partial charge in [-0.2, -0.15) is 0 Å². The minimum atomic E-state index is 0.471. The Kier molecular flexibility index (Phi) is 3.08. The average molecular weight is 270 g/mol. The van der Waals surface area contributed by atoms with Gasteiger partial charge in [0.2, 0.25) is 0 Å². The molecule has 0 heteroatoms. The molecule has 21 heavy (non-hydrogen) atoms. The molecule has 0 saturated carbocycles. The summed E-state index contributed by atoms with van der Waals surface area (Å²) in [4.78, 5) is 0. The van der Waals surface area contributed by atoms with Gasteiger partial charge in [0.25, 0.3) is 0 Å². The van der Waals surface area contributed by atoms with E-state index in [4.69, 9.17) is 0 Å². The maximum absolute atomic E-state index is 2.35. The standard InChI is InChI=1S/C21H18/c1-4-10-16(11-5-1)19-20(17-12-6-2-7-13-17)21(19)18-14-8-3-9-15-18/h1-2,4-15,18-19H,3H2. The largest absolute Gasteiger partial charge is 0.0838 e. The Balaban J connectivity index is 1.74. The summed E-state index contributed by atoms with van der Waals surface area (Å²) < 4.78 is 0. The molecular weight excluding hydrogens is 252 g/mol. The molecule has 0 fully saturated rings. The highest BCUT2D eigenvalue weighted by molar-refractivity contribution is 5.92. The van der Waals surface area contributed by atoms with Crippen molar-refractivity contribution >= 4 is 5.57 Å². The van der Waals surface area contributed by atoms with Gasteiger partial charge in [-0.05, 0) is 28.7 Å². The molecule has 1 atom stereocenters. The van der Waals surface area contributed by atoms with E-state index in [9.17, 15) is 0 Å². The SMILES string of the molecule is C1=CC(C2=C(c3ccccc3)C2c2ccccc2)C=CC1. The Morgan fingerprint density at radius 1 is 0.714 bits per heavy atom. The minimum Gasteiger partial charge on any atom is -0.0838 e. The first-order valence-electron chi connectivity index (χ1n) is 7.63. The third-order valence-corrected chi connectivity index (χ3v) is 4.36. The van der Waals surface area contributed by atoms with Crippen LogP contribution in [0.4, 0.5) is 0 Å². The van der Waals surface area contributed by atoms with Crippen molar-refractivity contribution in [3.05, 3.63) is 102 Å². The molecule has 2 aliphatic rings. The molecular formula is C21H18. The van der Waals surface area contributed by atoms with Gasteiger partial charge < -0.3 is 0 Å². The Labute approximate surface area is 126 Å². The predicted molar refractivity (Wildman–Crippen MR) is 88.9 cm³/mol. The number of benzene rings is 2. The summed E-state index contributed by atoms with van der Waals surface area (Å²) in [5.74, 6) is 0.963. The lowest BCUT2D eigenvalue weighted by Gasteiger charge is -2.09. The zero-order chi connectivity index (χ0) is 14.1. The highest BCUT2D eigenvalue weighted by atomic mass is 14.4. The van der Waals surface area contributed by atoms with E-state index in [1.807, 2.05) is 0 Å². The highest BCUT2D eigenvalue weighted by Gasteiger charge is 2.41. The van der Waals surface area contributed by atoms with E-state index >= 15 is 0 Å². The van der Waals surface area contributed by atoms with Gasteiger partial charge in [-0.25, -0.2) is 0 Å². The molecule has 0 N–H and O–H groups in total. The molecule has 0 heterocycles. The molecule has 0 aliphatic heterocycles. The third kappa shape index (κ3) is 2.27. The number of rotatable bonds is 3. The summed E-state index contributed by atoms with van der Waals surface area (Å²) in [6, 6.07) is 21.7. The van der Waals surface area contributed by atoms with Crippen molar-refractivity contribution in [3.63, 3.8) is 0 Å². The number of allylic oxidation sites excluding steroid dienone is 6. The molecule has 102 valence electrons. The maximum atomic E-state index is 2.35. The second-order valence-electron chi connectivity index (χ2n) is 5.70. The van der Waals surface area contributed by atoms with E-state index in [0.717, 1.165) is 6.42 Å². The molecule has 0 nitrogen and oxygen atoms in total. The molecule has 0 amide bonds. The molecule has 0 radical (unpaired) electrons. The van der Waals surface area contributed by atoms with Crippen LogP contribution in [0.5, 0.6) is 0 Å². The van der Waals surface area contributed by atoms with Crippen molar-refractivity contribution in [2.24, 2.45) is 5.92 Å². The van der Waals surface area contributed by atoms with Crippen molar-refractivity contribution in [2.75, 3.05) is 0 Å². The van der Waals surface area contributed by atoms with E-state index in [2.05, 4.69) is 85.0 Å². The zero-order valence-electron chi connectivity index (χ0n) is 11.9. The minimum absolute atomic E-state index is 0.471. The predicted octanol–water partition coefficient (Wildman–Crippen LogP) is 5.37. The fourth-order valence-electron chi connectivity index (χ4n) is 3.35. The van der Waals surface area contributed by atoms with Crippen molar-refractivity contribution in [1.82, 2.24) is 0 Å². The monoisotopic (exact) mass is 270 g/mol. The van der Waals surface area contributed by atoms with Crippen LogP contribution in [0.1, 0.15) is 23.5 Å². The summed E-state index contributed by atoms with van der Waals surface area (Å²) >= 11 is 0. The second kappa shape index (κ2) is 5.21. The number of hydrogen-bond donors (Lipinski definition) is 0. The Hall–Kier alpha value is -2.34. The lowest BCUT2D eigenvalue weighted by molar-refractivity contribution is 0.932. The quantitative estimate of drug-likeness (QED) is 0.658. The molecule has 2 aliphatic carbocycles. The third-order valence-electron chi connectivity index (χ3n) is 4.36. The molecule has 0 aromatic heterocycles. The summed E-state index contributed by atoms with van der Waals surface area (Å²) in [5.41, 5.74) is 5.87. The molecule has 1 unspecified atom stereocenters. The Bertz CT molecular complexity index is 705. The summed E-state index contributed by atoms with van der Waals surface area (Å²) in [6.07, 6.45) is 10.3. The van der Waals surface area contributed by atoms with Gasteiger partial charge >= 0.3 is 0 Å². The molecule has 0 spiro atoms. The Morgan fingerprint density at radius 2 is 1.33 bits per heavy atom. The van der Waals surface area contributed by atoms with Gasteiger partial charge in [0.15, 0.2) is 0 Å². The Morgan fingerprint density at radius 3 is 2.00 bits per heavy atom. The van der Waals surface area contributed by atoms with Crippen molar-refractivity contribution in [1.29, 1.82) is 0 Å². The lowest BCUT2D eigenvalue weighted by Crippen LogP contribution is -1.95. The molecule has 0 saturated heterocycles. The molecule has 0 bridgehead atoms. The van der Waals surface area contributed by atoms with Crippen molar-refractivity contribution in [2.45, 2.75) is 12.3 Å². The van der Waals surface area contributed by atoms with Crippen LogP contribution < -0.4 is 0 Å². The normalized spacial score (nSPS) is 20.9. The van der Waals surface area contributed by atoms with Crippen molar-refractivity contribution in [3.8, 4) is 0 Å². The number of hydrogen-bond acceptors (Lipinski definition) is 0. The first-order chi connectivity index (χ1) is 10.4. The van der Waals surface area contributed by atoms with Crippen LogP contribution in [0.15, 0.2) is 90.5 Å². The molecule has 2 aromatic carbocycles. The topological polar surface area (TPSA) is 0 Å². The van der Waals surface area contributed by atoms with Gasteiger partial charge in [0.05, 0.1) is 0 Å². The summed E-state index contributed by atoms with van der Waals surface area (Å²) in [5, 5.41) is 0. The smallest absolute Gasteiger partial charge is 0.0320 e. The second-order valence-corrected chi connectivity index (χ2v) is 5.70. The highest BCUT2D eigenvalue weighted by Crippen LogP contribution is 2.58. The van der Waals surface area contributed by atoms with Gasteiger partial charge in [-0.3, -0.25) is 0 Å².